The van der Waals surface area contributed by atoms with Gasteiger partial charge in [0.05, 0.1) is 0 Å². The van der Waals surface area contributed by atoms with Gasteiger partial charge in [0, 0.05) is 0 Å². The Hall–Kier alpha value is -0.740. The molecule has 0 fully saturated rings. The predicted octanol–water partition coefficient (Wildman–Crippen LogP) is 4.07. The van der Waals surface area contributed by atoms with Gasteiger partial charge in [-0.15, -0.1) is 26.3 Å². The zero-order valence-corrected chi connectivity index (χ0v) is 15.1. The summed E-state index contributed by atoms with van der Waals surface area (Å²) in [4.78, 5) is 31.9. The molecule has 0 saturated carbocycles. The van der Waals surface area contributed by atoms with E-state index in [0.717, 1.165) is 0 Å². The minimum Gasteiger partial charge on any atom is -0.324 e. The monoisotopic (exact) mass is 344 g/mol. The van der Waals surface area contributed by atoms with E-state index in [1.165, 1.54) is 0 Å². The minimum atomic E-state index is -4.55. The summed E-state index contributed by atoms with van der Waals surface area (Å²) in [6, 6.07) is 0. The van der Waals surface area contributed by atoms with E-state index in [1.807, 2.05) is 27.7 Å². The fourth-order valence-electron chi connectivity index (χ4n) is 0.240. The van der Waals surface area contributed by atoms with Crippen LogP contribution in [-0.4, -0.2) is 25.5 Å². The van der Waals surface area contributed by atoms with Gasteiger partial charge in [0.1, 0.15) is 0 Å². The van der Waals surface area contributed by atoms with Crippen molar-refractivity contribution in [1.82, 2.24) is 0 Å². The van der Waals surface area contributed by atoms with Gasteiger partial charge in [-0.05, 0) is 27.7 Å². The highest BCUT2D eigenvalue weighted by molar-refractivity contribution is 7.69. The van der Waals surface area contributed by atoms with Crippen molar-refractivity contribution in [2.24, 2.45) is 0 Å². The van der Waals surface area contributed by atoms with E-state index < -0.39 is 21.1 Å². The van der Waals surface area contributed by atoms with Gasteiger partial charge in [0.2, 0.25) is 0 Å². The van der Waals surface area contributed by atoms with Gasteiger partial charge >= 0.3 is 15.2 Å². The van der Waals surface area contributed by atoms with E-state index in [2.05, 4.69) is 26.3 Å². The molecule has 0 amide bonds. The van der Waals surface area contributed by atoms with E-state index in [4.69, 9.17) is 19.6 Å². The van der Waals surface area contributed by atoms with Crippen LogP contribution in [-0.2, 0) is 9.13 Å². The molecule has 0 spiro atoms. The normalized spacial score (nSPS) is 8.38. The Bertz CT molecular complexity index is 284. The van der Waals surface area contributed by atoms with Crippen LogP contribution in [0.3, 0.4) is 0 Å². The molecule has 0 aliphatic carbocycles. The Labute approximate surface area is 128 Å². The maximum atomic E-state index is 9.85. The topological polar surface area (TPSA) is 115 Å². The quantitative estimate of drug-likeness (QED) is 0.443. The molecule has 0 rings (SSSR count). The first kappa shape index (κ1) is 32.3. The van der Waals surface area contributed by atoms with Crippen molar-refractivity contribution in [3.05, 3.63) is 50.6 Å². The number of rotatable bonds is 2. The van der Waals surface area contributed by atoms with Gasteiger partial charge < -0.3 is 19.6 Å². The molecule has 0 radical (unpaired) electrons. The highest BCUT2D eigenvalue weighted by Gasteiger charge is 2.26. The molecule has 0 aromatic rings. The van der Waals surface area contributed by atoms with E-state index in [1.54, 1.807) is 24.3 Å². The summed E-state index contributed by atoms with van der Waals surface area (Å²) in [5.41, 5.74) is 0. The second kappa shape index (κ2) is 24.3. The molecule has 0 heterocycles. The smallest absolute Gasteiger partial charge is 0.324 e. The first-order valence-corrected chi connectivity index (χ1v) is 9.34. The van der Waals surface area contributed by atoms with Crippen LogP contribution in [0.1, 0.15) is 27.7 Å². The molecule has 4 N–H and O–H groups in total. The first-order valence-electron chi connectivity index (χ1n) is 5.74. The van der Waals surface area contributed by atoms with Crippen LogP contribution in [0.15, 0.2) is 50.6 Å². The second-order valence-corrected chi connectivity index (χ2v) is 6.89. The van der Waals surface area contributed by atoms with Crippen molar-refractivity contribution in [1.29, 1.82) is 0 Å². The molecular weight excluding hydrogens is 314 g/mol. The molecule has 6 nitrogen and oxygen atoms in total. The van der Waals surface area contributed by atoms with Crippen molar-refractivity contribution in [2.45, 2.75) is 27.7 Å². The Balaban J connectivity index is -0.0000000593. The van der Waals surface area contributed by atoms with Crippen LogP contribution in [0.5, 0.6) is 0 Å². The zero-order valence-electron chi connectivity index (χ0n) is 13.3. The van der Waals surface area contributed by atoms with Crippen molar-refractivity contribution in [3.63, 3.8) is 0 Å². The average Bonchev–Trinajstić information content (AvgIpc) is 2.15. The molecule has 8 heteroatoms. The third-order valence-corrected chi connectivity index (χ3v) is 3.32. The van der Waals surface area contributed by atoms with Crippen molar-refractivity contribution < 1.29 is 28.7 Å². The summed E-state index contributed by atoms with van der Waals surface area (Å²) < 4.78 is 19.7. The number of hydrogen-bond acceptors (Lipinski definition) is 2. The van der Waals surface area contributed by atoms with Gasteiger partial charge in [0.15, 0.2) is 5.90 Å². The van der Waals surface area contributed by atoms with Crippen LogP contribution < -0.4 is 0 Å². The summed E-state index contributed by atoms with van der Waals surface area (Å²) in [7, 11) is -9.10. The number of hydrogen-bond donors (Lipinski definition) is 4. The number of allylic oxidation sites excluding steroid dienone is 4. The van der Waals surface area contributed by atoms with E-state index in [9.17, 15) is 9.13 Å². The largest absolute Gasteiger partial charge is 0.337 e. The molecule has 0 aliphatic rings. The Morgan fingerprint density at radius 1 is 0.667 bits per heavy atom. The molecule has 0 saturated heterocycles. The molecule has 128 valence electrons. The third-order valence-electron chi connectivity index (χ3n) is 0.368. The molecule has 0 aromatic carbocycles. The summed E-state index contributed by atoms with van der Waals surface area (Å²) >= 11 is 0. The second-order valence-electron chi connectivity index (χ2n) is 3.10. The molecule has 0 bridgehead atoms. The molecule has 0 aromatic heterocycles. The predicted molar refractivity (Wildman–Crippen MR) is 92.4 cm³/mol. The lowest BCUT2D eigenvalue weighted by Gasteiger charge is -2.03. The summed E-state index contributed by atoms with van der Waals surface area (Å²) in [6.45, 7) is 21.0. The maximum absolute atomic E-state index is 9.85. The summed E-state index contributed by atoms with van der Waals surface area (Å²) in [5, 5.41) is 0. The highest BCUT2D eigenvalue weighted by Crippen LogP contribution is 2.51. The SMILES string of the molecule is C=CC.C=CC.C=CC.C=CC.O=P(O)(O)CP(=O)(O)O. The Kier molecular flexibility index (Phi) is 37.3. The van der Waals surface area contributed by atoms with E-state index in [-0.39, 0.29) is 0 Å². The Morgan fingerprint density at radius 3 is 0.762 bits per heavy atom. The van der Waals surface area contributed by atoms with Gasteiger partial charge in [0.25, 0.3) is 0 Å². The summed E-state index contributed by atoms with van der Waals surface area (Å²) in [6.07, 6.45) is 7.00. The lowest BCUT2D eigenvalue weighted by molar-refractivity contribution is 0.357. The van der Waals surface area contributed by atoms with Crippen molar-refractivity contribution in [2.75, 3.05) is 5.90 Å². The molecular formula is C13H30O6P2. The van der Waals surface area contributed by atoms with Crippen molar-refractivity contribution in [3.8, 4) is 0 Å². The maximum Gasteiger partial charge on any atom is 0.337 e. The minimum absolute atomic E-state index is 1.38. The van der Waals surface area contributed by atoms with E-state index in [0.29, 0.717) is 0 Å². The Morgan fingerprint density at radius 2 is 0.762 bits per heavy atom. The molecule has 21 heavy (non-hydrogen) atoms. The standard InChI is InChI=1S/4C3H6.CH6O6P2/c4*1-3-2;2-8(3,4)1-9(5,6)7/h4*3H,1H2,2H3;1H2,(H2,2,3,4)(H2,5,6,7). The molecule has 0 unspecified atom stereocenters. The van der Waals surface area contributed by atoms with Gasteiger partial charge in [-0.3, -0.25) is 9.13 Å². The fourth-order valence-corrected chi connectivity index (χ4v) is 2.16. The first-order chi connectivity index (χ1) is 9.36. The van der Waals surface area contributed by atoms with Gasteiger partial charge in [-0.2, -0.15) is 0 Å². The van der Waals surface area contributed by atoms with E-state index >= 15 is 0 Å². The fraction of sp³-hybridized carbons (Fsp3) is 0.385. The van der Waals surface area contributed by atoms with Crippen LogP contribution in [0.4, 0.5) is 0 Å². The van der Waals surface area contributed by atoms with Crippen LogP contribution in [0.25, 0.3) is 0 Å². The van der Waals surface area contributed by atoms with Crippen LogP contribution >= 0.6 is 15.2 Å². The van der Waals surface area contributed by atoms with Crippen LogP contribution in [0.2, 0.25) is 0 Å². The van der Waals surface area contributed by atoms with Gasteiger partial charge in [-0.25, -0.2) is 0 Å². The molecule has 0 atom stereocenters. The summed E-state index contributed by atoms with van der Waals surface area (Å²) in [5.74, 6) is -1.38. The lowest BCUT2D eigenvalue weighted by Crippen LogP contribution is -1.88. The lowest BCUT2D eigenvalue weighted by atomic mass is 10.8. The highest BCUT2D eigenvalue weighted by atomic mass is 31.2. The van der Waals surface area contributed by atoms with Crippen LogP contribution in [0, 0.1) is 0 Å². The molecule has 0 aliphatic heterocycles. The van der Waals surface area contributed by atoms with Crippen molar-refractivity contribution >= 4 is 15.2 Å². The third kappa shape index (κ3) is 207. The average molecular weight is 344 g/mol. The van der Waals surface area contributed by atoms with Gasteiger partial charge in [-0.1, -0.05) is 24.3 Å². The zero-order chi connectivity index (χ0) is 18.5.